The van der Waals surface area contributed by atoms with Gasteiger partial charge in [-0.3, -0.25) is 14.5 Å². The van der Waals surface area contributed by atoms with E-state index in [1.165, 1.54) is 6.42 Å². The van der Waals surface area contributed by atoms with Crippen molar-refractivity contribution in [2.75, 3.05) is 55.4 Å². The number of amides is 2. The summed E-state index contributed by atoms with van der Waals surface area (Å²) in [4.78, 5) is 30.3. The van der Waals surface area contributed by atoms with E-state index in [0.717, 1.165) is 48.4 Å². The number of hydrogen-bond donors (Lipinski definition) is 2. The highest BCUT2D eigenvalue weighted by atomic mass is 16.5. The van der Waals surface area contributed by atoms with Crippen LogP contribution in [-0.2, 0) is 9.59 Å². The molecule has 3 aromatic rings. The van der Waals surface area contributed by atoms with Gasteiger partial charge in [0.1, 0.15) is 0 Å². The van der Waals surface area contributed by atoms with Gasteiger partial charge in [-0.05, 0) is 75.7 Å². The Morgan fingerprint density at radius 1 is 0.927 bits per heavy atom. The van der Waals surface area contributed by atoms with Crippen LogP contribution in [0.25, 0.3) is 11.3 Å². The standard InChI is InChI=1S/C33H38N4O4/c1-4-40-28-20-26-27(21-29(28)41-5-2)35-33(39)31(26)32(23-12-8-6-9-13-23)34-24-14-16-25(17-15-24)36(3)30(38)22-37-18-10-7-11-19-37/h6,8-9,12-17,20-21,34H,4-5,7,10-11,18-19,22H2,1-3H3,(H,35,39). The maximum Gasteiger partial charge on any atom is 0.258 e. The fourth-order valence-corrected chi connectivity index (χ4v) is 5.32. The SMILES string of the molecule is CCOc1cc2c(cc1OCC)C(=C(Nc1ccc(N(C)C(=O)CN3CCCCC3)cc1)c1ccccc1)C(=O)N2. The molecule has 2 aliphatic rings. The average Bonchev–Trinajstić information content (AvgIpc) is 3.31. The largest absolute Gasteiger partial charge is 0.490 e. The molecule has 1 saturated heterocycles. The predicted octanol–water partition coefficient (Wildman–Crippen LogP) is 5.87. The van der Waals surface area contributed by atoms with E-state index in [4.69, 9.17) is 9.47 Å². The molecule has 2 aliphatic heterocycles. The molecule has 8 nitrogen and oxygen atoms in total. The topological polar surface area (TPSA) is 83.1 Å². The van der Waals surface area contributed by atoms with Crippen LogP contribution >= 0.6 is 0 Å². The van der Waals surface area contributed by atoms with Crippen molar-refractivity contribution in [3.8, 4) is 11.5 Å². The van der Waals surface area contributed by atoms with Crippen LogP contribution in [0.5, 0.6) is 11.5 Å². The Kier molecular flexibility index (Phi) is 8.89. The molecule has 0 spiro atoms. The fraction of sp³-hybridized carbons (Fsp3) is 0.333. The third kappa shape index (κ3) is 6.38. The minimum Gasteiger partial charge on any atom is -0.490 e. The van der Waals surface area contributed by atoms with Crippen LogP contribution in [0.1, 0.15) is 44.2 Å². The van der Waals surface area contributed by atoms with Gasteiger partial charge in [-0.15, -0.1) is 0 Å². The molecule has 0 atom stereocenters. The van der Waals surface area contributed by atoms with Crippen molar-refractivity contribution in [3.63, 3.8) is 0 Å². The minimum absolute atomic E-state index is 0.0791. The molecule has 0 radical (unpaired) electrons. The zero-order valence-corrected chi connectivity index (χ0v) is 24.0. The number of rotatable bonds is 10. The van der Waals surface area contributed by atoms with Crippen molar-refractivity contribution >= 4 is 40.1 Å². The van der Waals surface area contributed by atoms with Crippen LogP contribution in [0.2, 0.25) is 0 Å². The number of piperidine rings is 1. The normalized spacial score (nSPS) is 16.0. The third-order valence-electron chi connectivity index (χ3n) is 7.45. The van der Waals surface area contributed by atoms with Crippen molar-refractivity contribution in [1.29, 1.82) is 0 Å². The molecule has 0 bridgehead atoms. The van der Waals surface area contributed by atoms with E-state index in [1.807, 2.05) is 87.6 Å². The Morgan fingerprint density at radius 2 is 1.59 bits per heavy atom. The predicted molar refractivity (Wildman–Crippen MR) is 164 cm³/mol. The second kappa shape index (κ2) is 12.9. The first-order chi connectivity index (χ1) is 20.0. The molecule has 8 heteroatoms. The molecule has 2 heterocycles. The summed E-state index contributed by atoms with van der Waals surface area (Å²) in [6.07, 6.45) is 3.55. The lowest BCUT2D eigenvalue weighted by atomic mass is 9.99. The first-order valence-corrected chi connectivity index (χ1v) is 14.4. The molecule has 1 fully saturated rings. The highest BCUT2D eigenvalue weighted by molar-refractivity contribution is 6.37. The summed E-state index contributed by atoms with van der Waals surface area (Å²) in [5.41, 5.74) is 5.11. The van der Waals surface area contributed by atoms with E-state index < -0.39 is 0 Å². The Labute approximate surface area is 241 Å². The van der Waals surface area contributed by atoms with Gasteiger partial charge in [0.05, 0.1) is 36.7 Å². The number of likely N-dealkylation sites (tertiary alicyclic amines) is 1. The molecule has 214 valence electrons. The van der Waals surface area contributed by atoms with Gasteiger partial charge < -0.3 is 25.0 Å². The second-order valence-electron chi connectivity index (χ2n) is 10.2. The van der Waals surface area contributed by atoms with E-state index in [2.05, 4.69) is 15.5 Å². The van der Waals surface area contributed by atoms with Crippen molar-refractivity contribution in [1.82, 2.24) is 4.90 Å². The third-order valence-corrected chi connectivity index (χ3v) is 7.45. The van der Waals surface area contributed by atoms with E-state index in [0.29, 0.717) is 48.2 Å². The number of anilines is 3. The zero-order chi connectivity index (χ0) is 28.8. The van der Waals surface area contributed by atoms with Gasteiger partial charge in [0, 0.05) is 30.1 Å². The summed E-state index contributed by atoms with van der Waals surface area (Å²) in [5, 5.41) is 6.50. The van der Waals surface area contributed by atoms with Gasteiger partial charge in [-0.1, -0.05) is 36.8 Å². The molecular weight excluding hydrogens is 516 g/mol. The molecule has 0 saturated carbocycles. The lowest BCUT2D eigenvalue weighted by Crippen LogP contribution is -2.40. The Hall–Kier alpha value is -4.30. The zero-order valence-electron chi connectivity index (χ0n) is 24.0. The number of ether oxygens (including phenoxy) is 2. The number of carbonyl (C=O) groups excluding carboxylic acids is 2. The Morgan fingerprint density at radius 3 is 2.24 bits per heavy atom. The summed E-state index contributed by atoms with van der Waals surface area (Å²) in [6.45, 7) is 7.19. The highest BCUT2D eigenvalue weighted by Gasteiger charge is 2.30. The summed E-state index contributed by atoms with van der Waals surface area (Å²) in [5.74, 6) is 1.06. The lowest BCUT2D eigenvalue weighted by molar-refractivity contribution is -0.119. The van der Waals surface area contributed by atoms with E-state index in [9.17, 15) is 9.59 Å². The highest BCUT2D eigenvalue weighted by Crippen LogP contribution is 2.43. The van der Waals surface area contributed by atoms with E-state index in [-0.39, 0.29) is 11.8 Å². The molecular formula is C33H38N4O4. The van der Waals surface area contributed by atoms with Gasteiger partial charge in [0.2, 0.25) is 5.91 Å². The molecule has 41 heavy (non-hydrogen) atoms. The maximum atomic E-state index is 13.4. The molecule has 3 aromatic carbocycles. The summed E-state index contributed by atoms with van der Waals surface area (Å²) < 4.78 is 11.6. The van der Waals surface area contributed by atoms with Crippen molar-refractivity contribution < 1.29 is 19.1 Å². The van der Waals surface area contributed by atoms with E-state index >= 15 is 0 Å². The smallest absolute Gasteiger partial charge is 0.258 e. The second-order valence-corrected chi connectivity index (χ2v) is 10.2. The maximum absolute atomic E-state index is 13.4. The van der Waals surface area contributed by atoms with Gasteiger partial charge in [0.25, 0.3) is 5.91 Å². The monoisotopic (exact) mass is 554 g/mol. The summed E-state index contributed by atoms with van der Waals surface area (Å²) in [6, 6.07) is 21.2. The van der Waals surface area contributed by atoms with E-state index in [1.54, 1.807) is 4.90 Å². The number of benzene rings is 3. The van der Waals surface area contributed by atoms with Crippen molar-refractivity contribution in [2.45, 2.75) is 33.1 Å². The van der Waals surface area contributed by atoms with Gasteiger partial charge in [0.15, 0.2) is 11.5 Å². The van der Waals surface area contributed by atoms with Crippen molar-refractivity contribution in [3.05, 3.63) is 77.9 Å². The quantitative estimate of drug-likeness (QED) is 0.305. The van der Waals surface area contributed by atoms with Crippen LogP contribution in [-0.4, -0.2) is 56.6 Å². The van der Waals surface area contributed by atoms with Gasteiger partial charge in [-0.25, -0.2) is 0 Å². The van der Waals surface area contributed by atoms with Crippen LogP contribution in [0.3, 0.4) is 0 Å². The molecule has 0 aromatic heterocycles. The Balaban J connectivity index is 1.45. The number of likely N-dealkylation sites (N-methyl/N-ethyl adjacent to an activating group) is 1. The molecule has 2 N–H and O–H groups in total. The number of nitrogens with zero attached hydrogens (tertiary/aromatic N) is 2. The van der Waals surface area contributed by atoms with Crippen LogP contribution in [0.15, 0.2) is 66.7 Å². The first-order valence-electron chi connectivity index (χ1n) is 14.4. The number of nitrogens with one attached hydrogen (secondary N) is 2. The molecule has 0 aliphatic carbocycles. The molecule has 0 unspecified atom stereocenters. The minimum atomic E-state index is -0.206. The lowest BCUT2D eigenvalue weighted by Gasteiger charge is -2.28. The number of fused-ring (bicyclic) bond motifs is 1. The first kappa shape index (κ1) is 28.2. The molecule has 5 rings (SSSR count). The van der Waals surface area contributed by atoms with Crippen LogP contribution in [0.4, 0.5) is 17.1 Å². The van der Waals surface area contributed by atoms with Gasteiger partial charge in [-0.2, -0.15) is 0 Å². The number of hydrogen-bond acceptors (Lipinski definition) is 6. The fourth-order valence-electron chi connectivity index (χ4n) is 5.32. The summed E-state index contributed by atoms with van der Waals surface area (Å²) >= 11 is 0. The molecule has 2 amide bonds. The average molecular weight is 555 g/mol. The van der Waals surface area contributed by atoms with Crippen LogP contribution < -0.4 is 25.0 Å². The summed E-state index contributed by atoms with van der Waals surface area (Å²) in [7, 11) is 1.82. The number of carbonyl (C=O) groups is 2. The van der Waals surface area contributed by atoms with Gasteiger partial charge >= 0.3 is 0 Å². The van der Waals surface area contributed by atoms with Crippen molar-refractivity contribution in [2.24, 2.45) is 0 Å². The van der Waals surface area contributed by atoms with Crippen LogP contribution in [0, 0.1) is 0 Å². The Bertz CT molecular complexity index is 1410.